The Bertz CT molecular complexity index is 1570. The van der Waals surface area contributed by atoms with E-state index in [1.54, 1.807) is 0 Å². The van der Waals surface area contributed by atoms with Gasteiger partial charge in [-0.1, -0.05) is 48.5 Å². The average molecular weight is 418 g/mol. The zero-order valence-corrected chi connectivity index (χ0v) is 19.1. The number of fused-ring (bicyclic) bond motifs is 3. The van der Waals surface area contributed by atoms with E-state index in [4.69, 9.17) is 11.0 Å². The van der Waals surface area contributed by atoms with Gasteiger partial charge in [-0.25, -0.2) is 4.85 Å². The van der Waals surface area contributed by atoms with Gasteiger partial charge in [-0.05, 0) is 43.0 Å². The van der Waals surface area contributed by atoms with Crippen LogP contribution >= 0.6 is 0 Å². The number of hydrogen-bond donors (Lipinski definition) is 0. The van der Waals surface area contributed by atoms with Gasteiger partial charge >= 0.3 is 0 Å². The molecule has 2 heterocycles. The molecule has 0 unspecified atom stereocenters. The number of nitrogens with zero attached hydrogens (tertiary/aromatic N) is 2. The molecule has 3 nitrogen and oxygen atoms in total. The molecule has 0 saturated carbocycles. The Balaban J connectivity index is 1.97. The molecule has 156 valence electrons. The van der Waals surface area contributed by atoms with Crippen LogP contribution in [0.3, 0.4) is 0 Å². The van der Waals surface area contributed by atoms with Crippen LogP contribution in [0.2, 0.25) is 0 Å². The normalized spacial score (nSPS) is 11.2. The van der Waals surface area contributed by atoms with Crippen LogP contribution in [0.25, 0.3) is 49.2 Å². The summed E-state index contributed by atoms with van der Waals surface area (Å²) in [5.74, 6) is 0. The SMILES string of the molecule is [C-]#[N+]c1c(C)cc2c(oc3c(-c4cc(C)cc(C)[n+]4C)c(C)ccc32)c1-c1ccccc1. The number of pyridine rings is 1. The molecule has 32 heavy (non-hydrogen) atoms. The Morgan fingerprint density at radius 3 is 2.22 bits per heavy atom. The van der Waals surface area contributed by atoms with Gasteiger partial charge in [0.1, 0.15) is 18.2 Å². The molecule has 3 heteroatoms. The van der Waals surface area contributed by atoms with Gasteiger partial charge in [0.25, 0.3) is 0 Å². The Kier molecular flexibility index (Phi) is 4.60. The van der Waals surface area contributed by atoms with Gasteiger partial charge in [-0.3, -0.25) is 0 Å². The standard InChI is InChI=1S/C29H25N2O/c1-17-14-20(4)31(6)24(15-17)25-18(2)12-13-22-23-16-19(3)27(30-5)26(29(23)32-28(22)25)21-10-8-7-9-11-21/h7-16H,1-4,6H3/q+1. The van der Waals surface area contributed by atoms with Crippen molar-refractivity contribution < 1.29 is 8.98 Å². The fourth-order valence-corrected chi connectivity index (χ4v) is 4.74. The van der Waals surface area contributed by atoms with Gasteiger partial charge in [0.05, 0.1) is 12.1 Å². The first-order chi connectivity index (χ1) is 15.4. The van der Waals surface area contributed by atoms with Crippen molar-refractivity contribution in [2.24, 2.45) is 7.05 Å². The van der Waals surface area contributed by atoms with E-state index in [-0.39, 0.29) is 0 Å². The largest absolute Gasteiger partial charge is 0.456 e. The lowest BCUT2D eigenvalue weighted by atomic mass is 9.95. The predicted molar refractivity (Wildman–Crippen MR) is 131 cm³/mol. The molecule has 5 aromatic rings. The van der Waals surface area contributed by atoms with E-state index in [2.05, 4.69) is 67.6 Å². The summed E-state index contributed by atoms with van der Waals surface area (Å²) in [4.78, 5) is 3.89. The Morgan fingerprint density at radius 2 is 1.50 bits per heavy atom. The second-order valence-corrected chi connectivity index (χ2v) is 8.63. The highest BCUT2D eigenvalue weighted by molar-refractivity contribution is 6.15. The lowest BCUT2D eigenvalue weighted by molar-refractivity contribution is -0.666. The highest BCUT2D eigenvalue weighted by Crippen LogP contribution is 2.45. The van der Waals surface area contributed by atoms with Gasteiger partial charge in [0.15, 0.2) is 5.69 Å². The fourth-order valence-electron chi connectivity index (χ4n) is 4.74. The molecular formula is C29H25N2O+. The first-order valence-electron chi connectivity index (χ1n) is 10.8. The summed E-state index contributed by atoms with van der Waals surface area (Å²) in [5.41, 5.74) is 11.0. The quantitative estimate of drug-likeness (QED) is 0.215. The van der Waals surface area contributed by atoms with E-state index in [1.165, 1.54) is 16.8 Å². The maximum absolute atomic E-state index is 7.85. The van der Waals surface area contributed by atoms with Crippen LogP contribution in [-0.2, 0) is 7.05 Å². The van der Waals surface area contributed by atoms with Crippen LogP contribution in [0, 0.1) is 34.3 Å². The highest BCUT2D eigenvalue weighted by Gasteiger charge is 2.24. The van der Waals surface area contributed by atoms with Crippen LogP contribution in [-0.4, -0.2) is 0 Å². The van der Waals surface area contributed by atoms with Crippen molar-refractivity contribution in [3.05, 3.63) is 94.5 Å². The third-order valence-electron chi connectivity index (χ3n) is 6.42. The first-order valence-corrected chi connectivity index (χ1v) is 10.8. The Labute approximate surface area is 188 Å². The van der Waals surface area contributed by atoms with Gasteiger partial charge in [0, 0.05) is 35.4 Å². The molecule has 2 aromatic heterocycles. The van der Waals surface area contributed by atoms with Crippen LogP contribution in [0.15, 0.2) is 65.1 Å². The van der Waals surface area contributed by atoms with Crippen molar-refractivity contribution in [2.75, 3.05) is 0 Å². The fraction of sp³-hybridized carbons (Fsp3) is 0.172. The zero-order valence-electron chi connectivity index (χ0n) is 19.1. The molecule has 5 rings (SSSR count). The summed E-state index contributed by atoms with van der Waals surface area (Å²) < 4.78 is 8.90. The van der Waals surface area contributed by atoms with E-state index >= 15 is 0 Å². The smallest absolute Gasteiger partial charge is 0.216 e. The molecule has 0 N–H and O–H groups in total. The van der Waals surface area contributed by atoms with Gasteiger partial charge in [0.2, 0.25) is 11.4 Å². The highest BCUT2D eigenvalue weighted by atomic mass is 16.3. The molecule has 0 aliphatic heterocycles. The third-order valence-corrected chi connectivity index (χ3v) is 6.42. The summed E-state index contributed by atoms with van der Waals surface area (Å²) in [6, 6.07) is 20.9. The average Bonchev–Trinajstić information content (AvgIpc) is 3.13. The predicted octanol–water partition coefficient (Wildman–Crippen LogP) is 7.53. The molecule has 0 amide bonds. The van der Waals surface area contributed by atoms with Crippen molar-refractivity contribution in [3.63, 3.8) is 0 Å². The maximum Gasteiger partial charge on any atom is 0.216 e. The molecule has 0 fully saturated rings. The monoisotopic (exact) mass is 417 g/mol. The molecule has 0 aliphatic carbocycles. The van der Waals surface area contributed by atoms with Crippen molar-refractivity contribution in [1.29, 1.82) is 0 Å². The molecule has 0 saturated heterocycles. The minimum absolute atomic E-state index is 0.651. The molecular weight excluding hydrogens is 392 g/mol. The van der Waals surface area contributed by atoms with E-state index in [0.29, 0.717) is 5.69 Å². The number of aromatic nitrogens is 1. The molecule has 0 aliphatic rings. The van der Waals surface area contributed by atoms with Crippen molar-refractivity contribution in [3.8, 4) is 22.4 Å². The Morgan fingerprint density at radius 1 is 0.781 bits per heavy atom. The van der Waals surface area contributed by atoms with E-state index in [0.717, 1.165) is 49.9 Å². The third kappa shape index (κ3) is 2.92. The minimum Gasteiger partial charge on any atom is -0.456 e. The molecule has 0 bridgehead atoms. The lowest BCUT2D eigenvalue weighted by Crippen LogP contribution is -2.35. The van der Waals surface area contributed by atoms with E-state index < -0.39 is 0 Å². The molecule has 0 radical (unpaired) electrons. The number of rotatable bonds is 2. The summed E-state index contributed by atoms with van der Waals surface area (Å²) >= 11 is 0. The van der Waals surface area contributed by atoms with E-state index in [9.17, 15) is 0 Å². The van der Waals surface area contributed by atoms with Gasteiger partial charge < -0.3 is 4.42 Å². The van der Waals surface area contributed by atoms with Crippen LogP contribution < -0.4 is 4.57 Å². The second kappa shape index (κ2) is 7.35. The van der Waals surface area contributed by atoms with Crippen LogP contribution in [0.4, 0.5) is 5.69 Å². The maximum atomic E-state index is 7.85. The minimum atomic E-state index is 0.651. The topological polar surface area (TPSA) is 21.4 Å². The zero-order chi connectivity index (χ0) is 22.6. The van der Waals surface area contributed by atoms with Gasteiger partial charge in [-0.2, -0.15) is 4.57 Å². The van der Waals surface area contributed by atoms with Gasteiger partial charge in [-0.15, -0.1) is 0 Å². The lowest BCUT2D eigenvalue weighted by Gasteiger charge is -2.08. The molecule has 0 spiro atoms. The summed E-state index contributed by atoms with van der Waals surface area (Å²) in [5, 5.41) is 2.13. The van der Waals surface area contributed by atoms with Crippen molar-refractivity contribution in [2.45, 2.75) is 27.7 Å². The van der Waals surface area contributed by atoms with E-state index in [1.807, 2.05) is 37.3 Å². The summed E-state index contributed by atoms with van der Waals surface area (Å²) in [7, 11) is 2.10. The summed E-state index contributed by atoms with van der Waals surface area (Å²) in [6.07, 6.45) is 0. The van der Waals surface area contributed by atoms with Crippen molar-refractivity contribution in [1.82, 2.24) is 0 Å². The molecule has 3 aromatic carbocycles. The number of aryl methyl sites for hydroxylation is 4. The Hall–Kier alpha value is -3.90. The number of hydrogen-bond acceptors (Lipinski definition) is 1. The molecule has 0 atom stereocenters. The number of furan rings is 1. The van der Waals surface area contributed by atoms with Crippen molar-refractivity contribution >= 4 is 27.6 Å². The second-order valence-electron chi connectivity index (χ2n) is 8.63. The number of benzene rings is 3. The first kappa shape index (κ1) is 20.0. The van der Waals surface area contributed by atoms with Crippen LogP contribution in [0.1, 0.15) is 22.4 Å². The summed E-state index contributed by atoms with van der Waals surface area (Å²) in [6.45, 7) is 16.3. The van der Waals surface area contributed by atoms with Crippen LogP contribution in [0.5, 0.6) is 0 Å².